The summed E-state index contributed by atoms with van der Waals surface area (Å²) < 4.78 is 2.36. The summed E-state index contributed by atoms with van der Waals surface area (Å²) in [6.07, 6.45) is 14.4. The van der Waals surface area contributed by atoms with Crippen LogP contribution < -0.4 is 16.0 Å². The largest absolute Gasteiger partial charge is 0.380 e. The number of hydrogen-bond donors (Lipinski definition) is 3. The third-order valence-electron chi connectivity index (χ3n) is 9.44. The minimum absolute atomic E-state index is 0.0149. The smallest absolute Gasteiger partial charge is 0.0886 e. The van der Waals surface area contributed by atoms with Crippen LogP contribution in [0.5, 0.6) is 0 Å². The van der Waals surface area contributed by atoms with Crippen LogP contribution in [-0.2, 0) is 0 Å². The highest BCUT2D eigenvalue weighted by atomic mass is 15.0. The van der Waals surface area contributed by atoms with Crippen LogP contribution in [0.15, 0.2) is 176 Å². The zero-order valence-corrected chi connectivity index (χ0v) is 27.4. The van der Waals surface area contributed by atoms with E-state index in [1.807, 2.05) is 12.3 Å². The molecule has 1 atom stereocenters. The minimum atomic E-state index is -0.0149. The van der Waals surface area contributed by atoms with Crippen molar-refractivity contribution in [2.24, 2.45) is 0 Å². The van der Waals surface area contributed by atoms with Crippen molar-refractivity contribution >= 4 is 38.9 Å². The second-order valence-corrected chi connectivity index (χ2v) is 12.6. The minimum Gasteiger partial charge on any atom is -0.380 e. The van der Waals surface area contributed by atoms with E-state index < -0.39 is 0 Å². The van der Waals surface area contributed by atoms with E-state index >= 15 is 0 Å². The lowest BCUT2D eigenvalue weighted by molar-refractivity contribution is 0.719. The van der Waals surface area contributed by atoms with E-state index in [4.69, 9.17) is 4.98 Å². The van der Waals surface area contributed by atoms with E-state index in [0.29, 0.717) is 0 Å². The zero-order valence-electron chi connectivity index (χ0n) is 27.4. The van der Waals surface area contributed by atoms with Crippen LogP contribution in [-0.4, -0.2) is 16.1 Å². The predicted molar refractivity (Wildman–Crippen MR) is 208 cm³/mol. The Kier molecular flexibility index (Phi) is 7.56. The van der Waals surface area contributed by atoms with Gasteiger partial charge < -0.3 is 20.5 Å². The molecular weight excluding hydrogens is 611 g/mol. The Hall–Kier alpha value is -6.59. The fourth-order valence-electron chi connectivity index (χ4n) is 7.04. The summed E-state index contributed by atoms with van der Waals surface area (Å²) in [7, 11) is 0. The number of fused-ring (bicyclic) bond motifs is 3. The van der Waals surface area contributed by atoms with Gasteiger partial charge in [-0.15, -0.1) is 0 Å². The molecule has 0 fully saturated rings. The van der Waals surface area contributed by atoms with Gasteiger partial charge in [-0.2, -0.15) is 0 Å². The number of para-hydroxylation sites is 2. The van der Waals surface area contributed by atoms with Gasteiger partial charge in [0, 0.05) is 39.9 Å². The number of allylic oxidation sites excluding steroid dienone is 4. The van der Waals surface area contributed by atoms with Crippen LogP contribution in [0.3, 0.4) is 0 Å². The number of nitrogens with zero attached hydrogens (tertiary/aromatic N) is 2. The number of dihydropyridines is 2. The fraction of sp³-hybridized carbons (Fsp3) is 0.0444. The molecule has 0 saturated heterocycles. The Morgan fingerprint density at radius 2 is 1.44 bits per heavy atom. The molecule has 0 amide bonds. The molecular formula is C45H35N5. The molecule has 0 spiro atoms. The summed E-state index contributed by atoms with van der Waals surface area (Å²) in [5, 5.41) is 13.2. The molecule has 0 radical (unpaired) electrons. The first-order valence-corrected chi connectivity index (χ1v) is 17.1. The highest BCUT2D eigenvalue weighted by Gasteiger charge is 2.17. The second kappa shape index (κ2) is 12.8. The number of hydrogen-bond acceptors (Lipinski definition) is 4. The van der Waals surface area contributed by atoms with Gasteiger partial charge in [0.25, 0.3) is 0 Å². The molecule has 50 heavy (non-hydrogen) atoms. The number of benzene rings is 5. The van der Waals surface area contributed by atoms with Crippen molar-refractivity contribution in [3.8, 4) is 27.9 Å². The van der Waals surface area contributed by atoms with E-state index in [0.717, 1.165) is 57.4 Å². The normalized spacial score (nSPS) is 15.1. The molecule has 5 nitrogen and oxygen atoms in total. The van der Waals surface area contributed by atoms with Crippen LogP contribution in [0.25, 0.3) is 55.4 Å². The molecule has 3 N–H and O–H groups in total. The lowest BCUT2D eigenvalue weighted by Crippen LogP contribution is -2.19. The molecule has 5 heteroatoms. The molecule has 5 aromatic carbocycles. The van der Waals surface area contributed by atoms with Gasteiger partial charge in [-0.3, -0.25) is 0 Å². The van der Waals surface area contributed by atoms with E-state index in [1.165, 1.54) is 27.4 Å². The van der Waals surface area contributed by atoms with Gasteiger partial charge in [-0.05, 0) is 89.6 Å². The van der Waals surface area contributed by atoms with Crippen LogP contribution in [0.4, 0.5) is 11.4 Å². The fourth-order valence-corrected chi connectivity index (χ4v) is 7.04. The first-order chi connectivity index (χ1) is 24.8. The Morgan fingerprint density at radius 3 is 2.26 bits per heavy atom. The molecule has 0 bridgehead atoms. The molecule has 4 heterocycles. The van der Waals surface area contributed by atoms with Gasteiger partial charge in [0.2, 0.25) is 0 Å². The van der Waals surface area contributed by atoms with Gasteiger partial charge in [-0.1, -0.05) is 103 Å². The summed E-state index contributed by atoms with van der Waals surface area (Å²) in [6, 6.07) is 47.8. The predicted octanol–water partition coefficient (Wildman–Crippen LogP) is 10.5. The summed E-state index contributed by atoms with van der Waals surface area (Å²) in [5.74, 6) is 0. The summed E-state index contributed by atoms with van der Waals surface area (Å²) >= 11 is 0. The van der Waals surface area contributed by atoms with E-state index in [9.17, 15) is 0 Å². The number of pyridine rings is 1. The van der Waals surface area contributed by atoms with Crippen molar-refractivity contribution in [1.82, 2.24) is 20.2 Å². The SMILES string of the molecule is C1=CCNC(c2cc(Nc3ccc(-c4ccc5c(c4)c4ccccc4n5-c4ccccc4)cc3-c3ccccc3)cc(C3C=CC=CN3)n2)=C1. The van der Waals surface area contributed by atoms with E-state index in [1.54, 1.807) is 0 Å². The van der Waals surface area contributed by atoms with Gasteiger partial charge >= 0.3 is 0 Å². The molecule has 2 aliphatic heterocycles. The molecule has 0 aliphatic carbocycles. The summed E-state index contributed by atoms with van der Waals surface area (Å²) in [4.78, 5) is 5.07. The van der Waals surface area contributed by atoms with Gasteiger partial charge in [0.05, 0.1) is 34.2 Å². The molecule has 240 valence electrons. The van der Waals surface area contributed by atoms with Crippen LogP contribution >= 0.6 is 0 Å². The van der Waals surface area contributed by atoms with Crippen molar-refractivity contribution in [2.45, 2.75) is 6.04 Å². The summed E-state index contributed by atoms with van der Waals surface area (Å²) in [6.45, 7) is 0.781. The van der Waals surface area contributed by atoms with Crippen LogP contribution in [0, 0.1) is 0 Å². The lowest BCUT2D eigenvalue weighted by Gasteiger charge is -2.21. The standard InChI is InChI=1S/C45H35N5/c1-3-13-31(14-4-1)37-27-32(33-22-24-45-38(28-33)36-17-7-8-20-44(36)50(45)35-15-5-2-6-16-35)21-23-39(37)48-34-29-42(40-18-9-11-25-46-40)49-43(30-34)41-19-10-12-26-47-41/h1-25,27-30,40,46-47H,26H2,(H,48,49). The molecule has 7 aromatic rings. The van der Waals surface area contributed by atoms with E-state index in [-0.39, 0.29) is 6.04 Å². The van der Waals surface area contributed by atoms with Crippen molar-refractivity contribution < 1.29 is 0 Å². The molecule has 2 aliphatic rings. The monoisotopic (exact) mass is 645 g/mol. The Labute approximate surface area is 291 Å². The van der Waals surface area contributed by atoms with Gasteiger partial charge in [-0.25, -0.2) is 4.98 Å². The average Bonchev–Trinajstić information content (AvgIpc) is 3.53. The number of aromatic nitrogens is 2. The van der Waals surface area contributed by atoms with Crippen molar-refractivity contribution in [1.29, 1.82) is 0 Å². The summed E-state index contributed by atoms with van der Waals surface area (Å²) in [5.41, 5.74) is 13.1. The number of rotatable bonds is 7. The number of nitrogens with one attached hydrogen (secondary N) is 3. The molecule has 9 rings (SSSR count). The Morgan fingerprint density at radius 1 is 0.660 bits per heavy atom. The Balaban J connectivity index is 1.15. The van der Waals surface area contributed by atoms with Crippen molar-refractivity contribution in [2.75, 3.05) is 11.9 Å². The number of anilines is 2. The molecule has 1 unspecified atom stereocenters. The highest BCUT2D eigenvalue weighted by Crippen LogP contribution is 2.38. The molecule has 0 saturated carbocycles. The van der Waals surface area contributed by atoms with Gasteiger partial charge in [0.1, 0.15) is 0 Å². The zero-order chi connectivity index (χ0) is 33.3. The lowest BCUT2D eigenvalue weighted by atomic mass is 9.96. The second-order valence-electron chi connectivity index (χ2n) is 12.6. The third kappa shape index (κ3) is 5.55. The molecule has 2 aromatic heterocycles. The topological polar surface area (TPSA) is 53.9 Å². The first-order valence-electron chi connectivity index (χ1n) is 17.1. The maximum absolute atomic E-state index is 5.07. The highest BCUT2D eigenvalue weighted by molar-refractivity contribution is 6.10. The van der Waals surface area contributed by atoms with Crippen molar-refractivity contribution in [3.05, 3.63) is 188 Å². The van der Waals surface area contributed by atoms with Crippen LogP contribution in [0.2, 0.25) is 0 Å². The van der Waals surface area contributed by atoms with E-state index in [2.05, 4.69) is 184 Å². The third-order valence-corrected chi connectivity index (χ3v) is 9.44. The van der Waals surface area contributed by atoms with Crippen molar-refractivity contribution in [3.63, 3.8) is 0 Å². The first kappa shape index (κ1) is 29.5. The average molecular weight is 646 g/mol. The Bertz CT molecular complexity index is 2490. The van der Waals surface area contributed by atoms with Crippen LogP contribution in [0.1, 0.15) is 17.4 Å². The maximum Gasteiger partial charge on any atom is 0.0886 e. The van der Waals surface area contributed by atoms with Gasteiger partial charge in [0.15, 0.2) is 0 Å². The quantitative estimate of drug-likeness (QED) is 0.161. The maximum atomic E-state index is 5.07.